The molecule has 2 N–H and O–H groups in total. The molecule has 0 atom stereocenters. The molecule has 1 rings (SSSR count). The van der Waals surface area contributed by atoms with E-state index in [-0.39, 0.29) is 19.1 Å². The van der Waals surface area contributed by atoms with Crippen molar-refractivity contribution in [2.24, 2.45) is 0 Å². The number of aliphatic hydroxyl groups excluding tert-OH is 2. The fraction of sp³-hybridized carbons (Fsp3) is 0.400. The van der Waals surface area contributed by atoms with Crippen molar-refractivity contribution in [3.63, 3.8) is 0 Å². The highest BCUT2D eigenvalue weighted by Crippen LogP contribution is 2.19. The summed E-state index contributed by atoms with van der Waals surface area (Å²) in [5, 5.41) is 17.7. The van der Waals surface area contributed by atoms with E-state index in [0.29, 0.717) is 30.0 Å². The number of benzene rings is 1. The zero-order valence-electron chi connectivity index (χ0n) is 11.7. The van der Waals surface area contributed by atoms with Crippen LogP contribution in [0.1, 0.15) is 22.8 Å². The Hall–Kier alpha value is -2.03. The number of carbonyl (C=O) groups is 1. The Morgan fingerprint density at radius 3 is 2.70 bits per heavy atom. The Kier molecular flexibility index (Phi) is 6.57. The van der Waals surface area contributed by atoms with Crippen LogP contribution in [-0.2, 0) is 0 Å². The summed E-state index contributed by atoms with van der Waals surface area (Å²) < 4.78 is 5.16. The molecule has 0 fully saturated rings. The predicted octanol–water partition coefficient (Wildman–Crippen LogP) is 0.493. The summed E-state index contributed by atoms with van der Waals surface area (Å²) in [5.41, 5.74) is 1.02. The van der Waals surface area contributed by atoms with E-state index in [1.165, 1.54) is 7.11 Å². The van der Waals surface area contributed by atoms with Gasteiger partial charge in [-0.05, 0) is 25.1 Å². The summed E-state index contributed by atoms with van der Waals surface area (Å²) >= 11 is 0. The molecular formula is C15H19NO4. The van der Waals surface area contributed by atoms with E-state index in [1.807, 2.05) is 6.92 Å². The maximum Gasteiger partial charge on any atom is 0.253 e. The largest absolute Gasteiger partial charge is 0.495 e. The molecule has 1 amide bonds. The van der Waals surface area contributed by atoms with Gasteiger partial charge in [-0.2, -0.15) is 0 Å². The van der Waals surface area contributed by atoms with Gasteiger partial charge >= 0.3 is 0 Å². The molecule has 0 spiro atoms. The first-order valence-corrected chi connectivity index (χ1v) is 6.35. The minimum Gasteiger partial charge on any atom is -0.495 e. The number of aliphatic hydroxyl groups is 2. The van der Waals surface area contributed by atoms with Crippen molar-refractivity contribution in [2.75, 3.05) is 33.4 Å². The molecule has 0 saturated carbocycles. The van der Waals surface area contributed by atoms with Gasteiger partial charge in [-0.25, -0.2) is 0 Å². The quantitative estimate of drug-likeness (QED) is 0.769. The second-order valence-corrected chi connectivity index (χ2v) is 3.98. The van der Waals surface area contributed by atoms with E-state index in [2.05, 4.69) is 11.8 Å². The molecule has 5 heteroatoms. The molecule has 1 aromatic rings. The molecular weight excluding hydrogens is 258 g/mol. The average Bonchev–Trinajstić information content (AvgIpc) is 2.49. The maximum absolute atomic E-state index is 12.3. The zero-order chi connectivity index (χ0) is 15.0. The summed E-state index contributed by atoms with van der Waals surface area (Å²) in [6, 6.07) is 4.95. The lowest BCUT2D eigenvalue weighted by Gasteiger charge is -2.20. The molecule has 0 aliphatic heterocycles. The summed E-state index contributed by atoms with van der Waals surface area (Å²) in [4.78, 5) is 13.8. The molecule has 5 nitrogen and oxygen atoms in total. The maximum atomic E-state index is 12.3. The fourth-order valence-corrected chi connectivity index (χ4v) is 1.78. The van der Waals surface area contributed by atoms with Gasteiger partial charge in [0.25, 0.3) is 5.91 Å². The third-order valence-electron chi connectivity index (χ3n) is 2.79. The van der Waals surface area contributed by atoms with E-state index in [9.17, 15) is 4.79 Å². The van der Waals surface area contributed by atoms with Gasteiger partial charge in [0.15, 0.2) is 0 Å². The van der Waals surface area contributed by atoms with Crippen LogP contribution < -0.4 is 4.74 Å². The summed E-state index contributed by atoms with van der Waals surface area (Å²) in [6.45, 7) is 2.32. The Labute approximate surface area is 118 Å². The molecule has 108 valence electrons. The van der Waals surface area contributed by atoms with Crippen molar-refractivity contribution in [1.29, 1.82) is 0 Å². The molecule has 0 bridgehead atoms. The Bertz CT molecular complexity index is 516. The van der Waals surface area contributed by atoms with Crippen molar-refractivity contribution in [3.05, 3.63) is 29.3 Å². The van der Waals surface area contributed by atoms with Crippen LogP contribution in [0, 0.1) is 11.8 Å². The van der Waals surface area contributed by atoms with Crippen LogP contribution in [0.4, 0.5) is 0 Å². The van der Waals surface area contributed by atoms with E-state index in [4.69, 9.17) is 14.9 Å². The Morgan fingerprint density at radius 1 is 1.40 bits per heavy atom. The van der Waals surface area contributed by atoms with Gasteiger partial charge in [-0.15, -0.1) is 0 Å². The van der Waals surface area contributed by atoms with Gasteiger partial charge < -0.3 is 19.8 Å². The number of likely N-dealkylation sites (N-methyl/N-ethyl adjacent to an activating group) is 1. The van der Waals surface area contributed by atoms with Crippen molar-refractivity contribution in [2.45, 2.75) is 6.92 Å². The molecule has 0 aliphatic rings. The normalized spacial score (nSPS) is 9.60. The third-order valence-corrected chi connectivity index (χ3v) is 2.79. The minimum atomic E-state index is -0.257. The number of amides is 1. The number of rotatable bonds is 5. The van der Waals surface area contributed by atoms with Crippen molar-refractivity contribution in [1.82, 2.24) is 4.90 Å². The highest BCUT2D eigenvalue weighted by Gasteiger charge is 2.15. The standard InChI is InChI=1S/C15H19NO4/c1-3-16(8-10-18)15(19)13-6-7-14(20-2)12(11-13)5-4-9-17/h6-7,11,17-18H,3,8-10H2,1-2H3. The topological polar surface area (TPSA) is 70.0 Å². The predicted molar refractivity (Wildman–Crippen MR) is 75.6 cm³/mol. The van der Waals surface area contributed by atoms with Crippen molar-refractivity contribution < 1.29 is 19.7 Å². The molecule has 0 aromatic heterocycles. The van der Waals surface area contributed by atoms with Crippen LogP contribution in [0.5, 0.6) is 5.75 Å². The number of nitrogens with zero attached hydrogens (tertiary/aromatic N) is 1. The molecule has 0 unspecified atom stereocenters. The number of carbonyl (C=O) groups excluding carboxylic acids is 1. The fourth-order valence-electron chi connectivity index (χ4n) is 1.78. The molecule has 20 heavy (non-hydrogen) atoms. The van der Waals surface area contributed by atoms with Crippen molar-refractivity contribution >= 4 is 5.91 Å². The smallest absolute Gasteiger partial charge is 0.253 e. The Morgan fingerprint density at radius 2 is 2.15 bits per heavy atom. The summed E-state index contributed by atoms with van der Waals surface area (Å²) in [7, 11) is 1.52. The Balaban J connectivity index is 3.10. The molecule has 0 radical (unpaired) electrons. The summed E-state index contributed by atoms with van der Waals surface area (Å²) in [5.74, 6) is 5.67. The SMILES string of the molecule is CCN(CCO)C(=O)c1ccc(OC)c(C#CCO)c1. The van der Waals surface area contributed by atoms with Gasteiger partial charge in [-0.1, -0.05) is 11.8 Å². The van der Waals surface area contributed by atoms with Crippen LogP contribution >= 0.6 is 0 Å². The number of hydrogen-bond donors (Lipinski definition) is 2. The zero-order valence-corrected chi connectivity index (χ0v) is 11.7. The first-order chi connectivity index (χ1) is 9.67. The van der Waals surface area contributed by atoms with Gasteiger partial charge in [0.1, 0.15) is 12.4 Å². The lowest BCUT2D eigenvalue weighted by atomic mass is 10.1. The first-order valence-electron chi connectivity index (χ1n) is 6.35. The molecule has 1 aromatic carbocycles. The second kappa shape index (κ2) is 8.20. The number of ether oxygens (including phenoxy) is 1. The summed E-state index contributed by atoms with van der Waals surface area (Å²) in [6.07, 6.45) is 0. The average molecular weight is 277 g/mol. The van der Waals surface area contributed by atoms with Crippen LogP contribution in [0.3, 0.4) is 0 Å². The van der Waals surface area contributed by atoms with E-state index in [0.717, 1.165) is 0 Å². The first kappa shape index (κ1) is 16.0. The van der Waals surface area contributed by atoms with Gasteiger partial charge in [0, 0.05) is 18.7 Å². The number of methoxy groups -OCH3 is 1. The van der Waals surface area contributed by atoms with E-state index in [1.54, 1.807) is 23.1 Å². The van der Waals surface area contributed by atoms with E-state index < -0.39 is 0 Å². The highest BCUT2D eigenvalue weighted by atomic mass is 16.5. The third kappa shape index (κ3) is 3.98. The van der Waals surface area contributed by atoms with Gasteiger partial charge in [0.05, 0.1) is 19.3 Å². The number of hydrogen-bond acceptors (Lipinski definition) is 4. The van der Waals surface area contributed by atoms with Gasteiger partial charge in [-0.3, -0.25) is 4.79 Å². The van der Waals surface area contributed by atoms with Gasteiger partial charge in [0.2, 0.25) is 0 Å². The van der Waals surface area contributed by atoms with Crippen LogP contribution in [0.15, 0.2) is 18.2 Å². The lowest BCUT2D eigenvalue weighted by Crippen LogP contribution is -2.33. The molecule has 0 heterocycles. The molecule has 0 saturated heterocycles. The van der Waals surface area contributed by atoms with Crippen LogP contribution in [-0.4, -0.2) is 54.4 Å². The lowest BCUT2D eigenvalue weighted by molar-refractivity contribution is 0.0732. The second-order valence-electron chi connectivity index (χ2n) is 3.98. The van der Waals surface area contributed by atoms with E-state index >= 15 is 0 Å². The van der Waals surface area contributed by atoms with Crippen LogP contribution in [0.25, 0.3) is 0 Å². The molecule has 0 aliphatic carbocycles. The van der Waals surface area contributed by atoms with Crippen LogP contribution in [0.2, 0.25) is 0 Å². The van der Waals surface area contributed by atoms with Crippen molar-refractivity contribution in [3.8, 4) is 17.6 Å². The monoisotopic (exact) mass is 277 g/mol. The highest BCUT2D eigenvalue weighted by molar-refractivity contribution is 5.94. The minimum absolute atomic E-state index is 0.0765.